The summed E-state index contributed by atoms with van der Waals surface area (Å²) in [5.74, 6) is 1.36. The van der Waals surface area contributed by atoms with Crippen molar-refractivity contribution in [3.8, 4) is 17.2 Å². The van der Waals surface area contributed by atoms with Crippen LogP contribution in [-0.4, -0.2) is 22.0 Å². The molecule has 0 aliphatic heterocycles. The van der Waals surface area contributed by atoms with Crippen molar-refractivity contribution in [2.75, 3.05) is 5.73 Å². The van der Waals surface area contributed by atoms with Crippen LogP contribution in [0.15, 0.2) is 24.3 Å². The third-order valence-electron chi connectivity index (χ3n) is 5.81. The molecular formula is C22H27F4NO3SSi. The molecule has 0 atom stereocenters. The van der Waals surface area contributed by atoms with Crippen LogP contribution >= 0.6 is 0 Å². The molecule has 0 spiro atoms. The predicted molar refractivity (Wildman–Crippen MR) is 122 cm³/mol. The molecule has 32 heavy (non-hydrogen) atoms. The van der Waals surface area contributed by atoms with Gasteiger partial charge in [0.25, 0.3) is 0 Å². The topological polar surface area (TPSA) is 69.4 Å². The molecule has 0 aliphatic carbocycles. The number of halogens is 4. The van der Waals surface area contributed by atoms with Gasteiger partial charge < -0.3 is 9.92 Å². The van der Waals surface area contributed by atoms with Crippen molar-refractivity contribution < 1.29 is 30.2 Å². The van der Waals surface area contributed by atoms with Gasteiger partial charge in [-0.1, -0.05) is 53.5 Å². The summed E-state index contributed by atoms with van der Waals surface area (Å²) in [7, 11) is -8.31. The van der Waals surface area contributed by atoms with E-state index < -0.39 is 35.3 Å². The summed E-state index contributed by atoms with van der Waals surface area (Å²) < 4.78 is 81.4. The first-order valence-electron chi connectivity index (χ1n) is 10.1. The van der Waals surface area contributed by atoms with Gasteiger partial charge in [-0.15, -0.1) is 5.54 Å². The van der Waals surface area contributed by atoms with E-state index in [1.54, 1.807) is 0 Å². The molecule has 2 aromatic carbocycles. The fraction of sp³-hybridized carbons (Fsp3) is 0.455. The summed E-state index contributed by atoms with van der Waals surface area (Å²) in [4.78, 5) is 0. The second-order valence-corrected chi connectivity index (χ2v) is 15.8. The minimum Gasteiger partial charge on any atom is -0.399 e. The molecule has 10 heteroatoms. The molecule has 0 radical (unpaired) electrons. The van der Waals surface area contributed by atoms with E-state index in [1.165, 1.54) is 12.1 Å². The molecule has 0 bridgehead atoms. The van der Waals surface area contributed by atoms with Gasteiger partial charge in [0, 0.05) is 17.1 Å². The highest BCUT2D eigenvalue weighted by Crippen LogP contribution is 2.41. The van der Waals surface area contributed by atoms with Crippen LogP contribution in [0.3, 0.4) is 0 Å². The number of nitrogens with two attached hydrogens (primary N) is 1. The van der Waals surface area contributed by atoms with Crippen molar-refractivity contribution in [2.24, 2.45) is 0 Å². The number of fused-ring (bicyclic) bond motifs is 1. The van der Waals surface area contributed by atoms with Crippen molar-refractivity contribution in [3.63, 3.8) is 0 Å². The second-order valence-electron chi connectivity index (χ2n) is 8.67. The van der Waals surface area contributed by atoms with Crippen molar-refractivity contribution >= 4 is 34.7 Å². The Labute approximate surface area is 187 Å². The van der Waals surface area contributed by atoms with Crippen LogP contribution < -0.4 is 9.92 Å². The number of benzene rings is 2. The van der Waals surface area contributed by atoms with Crippen LogP contribution in [0.4, 0.5) is 23.2 Å². The summed E-state index contributed by atoms with van der Waals surface area (Å²) in [5.41, 5.74) is 3.81. The third-order valence-corrected chi connectivity index (χ3v) is 13.1. The zero-order chi connectivity index (χ0) is 24.6. The molecule has 0 saturated carbocycles. The summed E-state index contributed by atoms with van der Waals surface area (Å²) in [6.07, 6.45) is 0. The molecule has 0 unspecified atom stereocenters. The van der Waals surface area contributed by atoms with Crippen molar-refractivity contribution in [1.29, 1.82) is 0 Å². The monoisotopic (exact) mass is 489 g/mol. The van der Waals surface area contributed by atoms with E-state index in [4.69, 9.17) is 5.73 Å². The van der Waals surface area contributed by atoms with E-state index >= 15 is 0 Å². The van der Waals surface area contributed by atoms with E-state index in [9.17, 15) is 26.0 Å². The average Bonchev–Trinajstić information content (AvgIpc) is 2.61. The Morgan fingerprint density at radius 2 is 1.53 bits per heavy atom. The Morgan fingerprint density at radius 3 is 2.00 bits per heavy atom. The standard InChI is InChI=1S/C22H27F4NO3SSi/c1-13(2)32(14(3)4,15(5)6)10-9-18-19(23)8-7-16-11-17(27)12-20(21(16)18)30-31(28,29)22(24,25)26/h7-8,11-15H,27H2,1-6H3. The largest absolute Gasteiger partial charge is 0.534 e. The quantitative estimate of drug-likeness (QED) is 0.133. The molecule has 4 nitrogen and oxygen atoms in total. The van der Waals surface area contributed by atoms with Crippen LogP contribution in [0.5, 0.6) is 5.75 Å². The molecule has 176 valence electrons. The van der Waals surface area contributed by atoms with Gasteiger partial charge in [-0.05, 0) is 34.1 Å². The lowest BCUT2D eigenvalue weighted by atomic mass is 10.0. The molecule has 0 aromatic heterocycles. The normalized spacial score (nSPS) is 13.0. The van der Waals surface area contributed by atoms with Gasteiger partial charge in [-0.3, -0.25) is 0 Å². The SMILES string of the molecule is CC(C)[Si](C#Cc1c(F)ccc2cc(N)cc(OS(=O)(=O)C(F)(F)F)c12)(C(C)C)C(C)C. The fourth-order valence-corrected chi connectivity index (χ4v) is 10.1. The number of alkyl halides is 3. The minimum atomic E-state index is -5.99. The van der Waals surface area contributed by atoms with Crippen LogP contribution in [0.1, 0.15) is 47.1 Å². The zero-order valence-electron chi connectivity index (χ0n) is 18.8. The summed E-state index contributed by atoms with van der Waals surface area (Å²) >= 11 is 0. The molecule has 2 rings (SSSR count). The maximum Gasteiger partial charge on any atom is 0.534 e. The number of anilines is 1. The predicted octanol–water partition coefficient (Wildman–Crippen LogP) is 6.36. The average molecular weight is 490 g/mol. The van der Waals surface area contributed by atoms with Gasteiger partial charge in [-0.2, -0.15) is 21.6 Å². The number of rotatable bonds is 5. The Kier molecular flexibility index (Phi) is 7.27. The van der Waals surface area contributed by atoms with Gasteiger partial charge in [0.05, 0.1) is 5.56 Å². The van der Waals surface area contributed by atoms with E-state index in [1.807, 2.05) is 0 Å². The third kappa shape index (κ3) is 4.74. The Morgan fingerprint density at radius 1 is 1.00 bits per heavy atom. The zero-order valence-corrected chi connectivity index (χ0v) is 20.6. The molecule has 0 saturated heterocycles. The minimum absolute atomic E-state index is 0.0364. The van der Waals surface area contributed by atoms with Crippen molar-refractivity contribution in [2.45, 2.75) is 63.7 Å². The summed E-state index contributed by atoms with van der Waals surface area (Å²) in [5, 5.41) is 0.0488. The molecule has 0 fully saturated rings. The van der Waals surface area contributed by atoms with Gasteiger partial charge in [0.15, 0.2) is 5.75 Å². The smallest absolute Gasteiger partial charge is 0.399 e. The molecular weight excluding hydrogens is 462 g/mol. The van der Waals surface area contributed by atoms with E-state index in [2.05, 4.69) is 57.2 Å². The van der Waals surface area contributed by atoms with Crippen LogP contribution in [0.25, 0.3) is 10.8 Å². The first-order chi connectivity index (χ1) is 14.5. The van der Waals surface area contributed by atoms with Gasteiger partial charge >= 0.3 is 15.6 Å². The first-order valence-corrected chi connectivity index (χ1v) is 13.7. The van der Waals surface area contributed by atoms with E-state index in [0.29, 0.717) is 0 Å². The maximum atomic E-state index is 14.9. The van der Waals surface area contributed by atoms with E-state index in [-0.39, 0.29) is 38.6 Å². The number of hydrogen-bond acceptors (Lipinski definition) is 4. The fourth-order valence-electron chi connectivity index (χ4n) is 4.38. The molecule has 0 heterocycles. The Bertz CT molecular complexity index is 1160. The van der Waals surface area contributed by atoms with Gasteiger partial charge in [0.2, 0.25) is 0 Å². The molecule has 0 amide bonds. The van der Waals surface area contributed by atoms with Crippen molar-refractivity contribution in [3.05, 3.63) is 35.6 Å². The number of hydrogen-bond donors (Lipinski definition) is 1. The lowest BCUT2D eigenvalue weighted by molar-refractivity contribution is -0.0499. The van der Waals surface area contributed by atoms with Crippen LogP contribution in [-0.2, 0) is 10.1 Å². The Hall–Kier alpha value is -2.25. The van der Waals surface area contributed by atoms with E-state index in [0.717, 1.165) is 12.1 Å². The lowest BCUT2D eigenvalue weighted by Gasteiger charge is -2.38. The molecule has 2 aromatic rings. The highest BCUT2D eigenvalue weighted by Gasteiger charge is 2.49. The number of nitrogen functional groups attached to an aromatic ring is 1. The van der Waals surface area contributed by atoms with Crippen LogP contribution in [0.2, 0.25) is 16.6 Å². The highest BCUT2D eigenvalue weighted by molar-refractivity contribution is 7.88. The molecule has 0 aliphatic rings. The summed E-state index contributed by atoms with van der Waals surface area (Å²) in [6.45, 7) is 12.4. The maximum absolute atomic E-state index is 14.9. The molecule has 2 N–H and O–H groups in total. The Balaban J connectivity index is 2.88. The second kappa shape index (κ2) is 8.94. The van der Waals surface area contributed by atoms with Gasteiger partial charge in [0.1, 0.15) is 13.9 Å². The highest BCUT2D eigenvalue weighted by atomic mass is 32.2. The summed E-state index contributed by atoms with van der Waals surface area (Å²) in [6, 6.07) is 4.73. The lowest BCUT2D eigenvalue weighted by Crippen LogP contribution is -2.43. The van der Waals surface area contributed by atoms with Crippen molar-refractivity contribution in [1.82, 2.24) is 0 Å². The van der Waals surface area contributed by atoms with Gasteiger partial charge in [-0.25, -0.2) is 4.39 Å². The van der Waals surface area contributed by atoms with Crippen LogP contribution in [0, 0.1) is 17.3 Å². The first kappa shape index (κ1) is 26.0.